The van der Waals surface area contributed by atoms with E-state index in [-0.39, 0.29) is 5.88 Å². The number of sulfonamides is 1. The van der Waals surface area contributed by atoms with Crippen molar-refractivity contribution in [3.05, 3.63) is 16.3 Å². The van der Waals surface area contributed by atoms with Crippen LogP contribution in [0.15, 0.2) is 16.3 Å². The van der Waals surface area contributed by atoms with Crippen LogP contribution in [0.5, 0.6) is 0 Å². The van der Waals surface area contributed by atoms with E-state index in [9.17, 15) is 8.42 Å². The molecule has 2 saturated carbocycles. The smallest absolute Gasteiger partial charge is 0.207 e. The Bertz CT molecular complexity index is 584. The standard InChI is InChI=1S/C14H20ClNO2S2/c1-16(9-12-7-10-2-3-11(12)6-10)20(17,18)14-4-5-19-13(14)8-15/h4-5,10-12H,2-3,6-9H2,1H3. The van der Waals surface area contributed by atoms with Crippen LogP contribution in [-0.4, -0.2) is 26.3 Å². The second-order valence-electron chi connectivity index (χ2n) is 6.06. The molecule has 0 aliphatic heterocycles. The Morgan fingerprint density at radius 2 is 2.20 bits per heavy atom. The maximum atomic E-state index is 12.6. The molecule has 20 heavy (non-hydrogen) atoms. The summed E-state index contributed by atoms with van der Waals surface area (Å²) < 4.78 is 26.8. The van der Waals surface area contributed by atoms with Gasteiger partial charge in [-0.1, -0.05) is 6.42 Å². The Hall–Kier alpha value is -0.100. The lowest BCUT2D eigenvalue weighted by Crippen LogP contribution is -2.34. The molecule has 112 valence electrons. The van der Waals surface area contributed by atoms with Crippen LogP contribution >= 0.6 is 22.9 Å². The van der Waals surface area contributed by atoms with Gasteiger partial charge in [-0.15, -0.1) is 22.9 Å². The Morgan fingerprint density at radius 3 is 2.80 bits per heavy atom. The first kappa shape index (κ1) is 14.8. The fourth-order valence-electron chi connectivity index (χ4n) is 3.85. The van der Waals surface area contributed by atoms with Crippen LogP contribution in [0.3, 0.4) is 0 Å². The third-order valence-corrected chi connectivity index (χ3v) is 8.27. The molecule has 3 nitrogen and oxygen atoms in total. The van der Waals surface area contributed by atoms with Crippen molar-refractivity contribution in [2.24, 2.45) is 17.8 Å². The minimum atomic E-state index is -3.38. The number of nitrogens with zero attached hydrogens (tertiary/aromatic N) is 1. The van der Waals surface area contributed by atoms with E-state index in [1.165, 1.54) is 41.3 Å². The van der Waals surface area contributed by atoms with Gasteiger partial charge in [0.1, 0.15) is 0 Å². The molecule has 1 aromatic rings. The molecule has 0 saturated heterocycles. The number of alkyl halides is 1. The maximum Gasteiger partial charge on any atom is 0.243 e. The first-order chi connectivity index (χ1) is 9.52. The Kier molecular flexibility index (Phi) is 4.15. The molecule has 3 atom stereocenters. The summed E-state index contributed by atoms with van der Waals surface area (Å²) in [6.45, 7) is 0.654. The third-order valence-electron chi connectivity index (χ3n) is 4.89. The minimum Gasteiger partial charge on any atom is -0.207 e. The zero-order chi connectivity index (χ0) is 14.3. The SMILES string of the molecule is CN(CC1CC2CCC1C2)S(=O)(=O)c1ccsc1CCl. The first-order valence-corrected chi connectivity index (χ1v) is 9.96. The zero-order valence-electron chi connectivity index (χ0n) is 11.6. The van der Waals surface area contributed by atoms with E-state index in [4.69, 9.17) is 11.6 Å². The summed E-state index contributed by atoms with van der Waals surface area (Å²) >= 11 is 7.24. The second-order valence-corrected chi connectivity index (χ2v) is 9.34. The number of hydrogen-bond donors (Lipinski definition) is 0. The summed E-state index contributed by atoms with van der Waals surface area (Å²) in [6.07, 6.45) is 5.15. The average Bonchev–Trinajstić information content (AvgIpc) is 3.14. The van der Waals surface area contributed by atoms with Gasteiger partial charge < -0.3 is 0 Å². The largest absolute Gasteiger partial charge is 0.243 e. The topological polar surface area (TPSA) is 37.4 Å². The van der Waals surface area contributed by atoms with Gasteiger partial charge in [-0.25, -0.2) is 12.7 Å². The lowest BCUT2D eigenvalue weighted by molar-refractivity contribution is 0.280. The van der Waals surface area contributed by atoms with E-state index in [0.29, 0.717) is 17.4 Å². The van der Waals surface area contributed by atoms with Crippen molar-refractivity contribution in [2.45, 2.75) is 36.5 Å². The van der Waals surface area contributed by atoms with Crippen molar-refractivity contribution in [3.8, 4) is 0 Å². The number of rotatable bonds is 5. The second kappa shape index (κ2) is 5.59. The third kappa shape index (κ3) is 2.54. The predicted octanol–water partition coefficient (Wildman–Crippen LogP) is 3.54. The summed E-state index contributed by atoms with van der Waals surface area (Å²) in [5, 5.41) is 1.80. The van der Waals surface area contributed by atoms with Gasteiger partial charge in [-0.3, -0.25) is 0 Å². The van der Waals surface area contributed by atoms with Gasteiger partial charge in [0.05, 0.1) is 10.8 Å². The van der Waals surface area contributed by atoms with E-state index in [1.807, 2.05) is 0 Å². The van der Waals surface area contributed by atoms with Crippen molar-refractivity contribution in [2.75, 3.05) is 13.6 Å². The van der Waals surface area contributed by atoms with Crippen molar-refractivity contribution >= 4 is 33.0 Å². The van der Waals surface area contributed by atoms with Gasteiger partial charge in [0, 0.05) is 18.5 Å². The Labute approximate surface area is 130 Å². The molecule has 2 fully saturated rings. The molecule has 0 radical (unpaired) electrons. The quantitative estimate of drug-likeness (QED) is 0.773. The number of thiophene rings is 1. The molecule has 6 heteroatoms. The van der Waals surface area contributed by atoms with Crippen LogP contribution < -0.4 is 0 Å². The highest BCUT2D eigenvalue weighted by Gasteiger charge is 2.41. The van der Waals surface area contributed by atoms with Crippen molar-refractivity contribution in [1.82, 2.24) is 4.31 Å². The average molecular weight is 334 g/mol. The zero-order valence-corrected chi connectivity index (χ0v) is 14.0. The van der Waals surface area contributed by atoms with Crippen molar-refractivity contribution in [3.63, 3.8) is 0 Å². The summed E-state index contributed by atoms with van der Waals surface area (Å²) in [5.74, 6) is 2.40. The fraction of sp³-hybridized carbons (Fsp3) is 0.714. The molecule has 2 aliphatic rings. The molecule has 2 aliphatic carbocycles. The minimum absolute atomic E-state index is 0.258. The Balaban J connectivity index is 1.74. The van der Waals surface area contributed by atoms with E-state index >= 15 is 0 Å². The van der Waals surface area contributed by atoms with E-state index in [1.54, 1.807) is 18.5 Å². The van der Waals surface area contributed by atoms with Gasteiger partial charge in [0.15, 0.2) is 0 Å². The molecule has 3 rings (SSSR count). The molecule has 1 heterocycles. The van der Waals surface area contributed by atoms with Crippen molar-refractivity contribution in [1.29, 1.82) is 0 Å². The van der Waals surface area contributed by atoms with Gasteiger partial charge >= 0.3 is 0 Å². The number of fused-ring (bicyclic) bond motifs is 2. The van der Waals surface area contributed by atoms with Gasteiger partial charge in [-0.05, 0) is 48.5 Å². The number of hydrogen-bond acceptors (Lipinski definition) is 3. The van der Waals surface area contributed by atoms with E-state index in [2.05, 4.69) is 0 Å². The van der Waals surface area contributed by atoms with Gasteiger partial charge in [0.2, 0.25) is 10.0 Å². The van der Waals surface area contributed by atoms with E-state index in [0.717, 1.165) is 16.7 Å². The lowest BCUT2D eigenvalue weighted by Gasteiger charge is -2.26. The summed E-state index contributed by atoms with van der Waals surface area (Å²) in [4.78, 5) is 1.13. The molecule has 0 N–H and O–H groups in total. The summed E-state index contributed by atoms with van der Waals surface area (Å²) in [6, 6.07) is 1.68. The van der Waals surface area contributed by atoms with Crippen LogP contribution in [0.4, 0.5) is 0 Å². The normalized spacial score (nSPS) is 29.4. The molecule has 0 spiro atoms. The molecule has 3 unspecified atom stereocenters. The van der Waals surface area contributed by atoms with Gasteiger partial charge in [0.25, 0.3) is 0 Å². The highest BCUT2D eigenvalue weighted by atomic mass is 35.5. The predicted molar refractivity (Wildman–Crippen MR) is 82.6 cm³/mol. The van der Waals surface area contributed by atoms with Crippen LogP contribution in [-0.2, 0) is 15.9 Å². The molecule has 0 aromatic carbocycles. The molecule has 0 amide bonds. The molecular weight excluding hydrogens is 314 g/mol. The fourth-order valence-corrected chi connectivity index (χ4v) is 6.75. The molecule has 2 bridgehead atoms. The maximum absolute atomic E-state index is 12.6. The first-order valence-electron chi connectivity index (χ1n) is 7.11. The van der Waals surface area contributed by atoms with Crippen LogP contribution in [0.2, 0.25) is 0 Å². The highest BCUT2D eigenvalue weighted by Crippen LogP contribution is 2.48. The molecular formula is C14H20ClNO2S2. The van der Waals surface area contributed by atoms with E-state index < -0.39 is 10.0 Å². The Morgan fingerprint density at radius 1 is 1.40 bits per heavy atom. The van der Waals surface area contributed by atoms with Gasteiger partial charge in [-0.2, -0.15) is 0 Å². The number of halogens is 1. The van der Waals surface area contributed by atoms with Crippen LogP contribution in [0, 0.1) is 17.8 Å². The van der Waals surface area contributed by atoms with Crippen molar-refractivity contribution < 1.29 is 8.42 Å². The van der Waals surface area contributed by atoms with Crippen LogP contribution in [0.1, 0.15) is 30.6 Å². The summed E-state index contributed by atoms with van der Waals surface area (Å²) in [7, 11) is -1.68. The monoisotopic (exact) mass is 333 g/mol. The lowest BCUT2D eigenvalue weighted by atomic mass is 9.89. The summed E-state index contributed by atoms with van der Waals surface area (Å²) in [5.41, 5.74) is 0. The van der Waals surface area contributed by atoms with Crippen LogP contribution in [0.25, 0.3) is 0 Å². The molecule has 1 aromatic heterocycles. The highest BCUT2D eigenvalue weighted by molar-refractivity contribution is 7.89.